The highest BCUT2D eigenvalue weighted by atomic mass is 32.2. The summed E-state index contributed by atoms with van der Waals surface area (Å²) in [7, 11) is -2.69. The van der Waals surface area contributed by atoms with Gasteiger partial charge in [0.1, 0.15) is 17.2 Å². The van der Waals surface area contributed by atoms with Crippen LogP contribution in [-0.2, 0) is 25.8 Å². The van der Waals surface area contributed by atoms with Crippen molar-refractivity contribution in [1.29, 1.82) is 0 Å². The second kappa shape index (κ2) is 11.3. The smallest absolute Gasteiger partial charge is 0.455 e. The van der Waals surface area contributed by atoms with Crippen LogP contribution in [0.3, 0.4) is 0 Å². The molecule has 4 aromatic rings. The van der Waals surface area contributed by atoms with Crippen LogP contribution in [-0.4, -0.2) is 45.4 Å². The molecule has 0 atom stereocenters. The number of benzene rings is 3. The summed E-state index contributed by atoms with van der Waals surface area (Å²) < 4.78 is 61.8. The Balaban J connectivity index is 1.25. The van der Waals surface area contributed by atoms with Crippen LogP contribution in [0.4, 0.5) is 10.1 Å². The normalized spacial score (nSPS) is 17.5. The van der Waals surface area contributed by atoms with Crippen molar-refractivity contribution in [2.24, 2.45) is 0 Å². The van der Waals surface area contributed by atoms with Crippen molar-refractivity contribution in [3.63, 3.8) is 0 Å². The molecule has 45 heavy (non-hydrogen) atoms. The molecule has 1 amide bonds. The van der Waals surface area contributed by atoms with Gasteiger partial charge in [-0.15, -0.1) is 0 Å². The molecule has 2 N–H and O–H groups in total. The van der Waals surface area contributed by atoms with Crippen molar-refractivity contribution in [1.82, 2.24) is 5.32 Å². The van der Waals surface area contributed by atoms with Crippen LogP contribution in [0.5, 0.6) is 0 Å². The standard InChI is InChI=1S/C34H38BFN2O6S/c1-20-17-21(7-14-27(20)35-43-33(2,3)34(4,5)44-35)15-16-45(40,41)38-28-19-29-26(18-25(28)22-8-9-22)30(32(39)37-6)31(42-29)23-10-12-24(36)13-11-23/h7,10-14,17-19,22,38H,8-9,15-16H2,1-6H3,(H,37,39). The van der Waals surface area contributed by atoms with Crippen LogP contribution in [0.25, 0.3) is 22.3 Å². The average molecular weight is 633 g/mol. The minimum absolute atomic E-state index is 0.118. The zero-order valence-corrected chi connectivity index (χ0v) is 27.2. The van der Waals surface area contributed by atoms with E-state index in [9.17, 15) is 17.6 Å². The van der Waals surface area contributed by atoms with Gasteiger partial charge >= 0.3 is 7.12 Å². The average Bonchev–Trinajstić information content (AvgIpc) is 3.71. The molecule has 2 heterocycles. The van der Waals surface area contributed by atoms with E-state index >= 15 is 0 Å². The number of carbonyl (C=O) groups is 1. The van der Waals surface area contributed by atoms with Gasteiger partial charge in [-0.05, 0) is 107 Å². The van der Waals surface area contributed by atoms with Gasteiger partial charge < -0.3 is 19.0 Å². The number of sulfonamides is 1. The van der Waals surface area contributed by atoms with Crippen LogP contribution in [0, 0.1) is 12.7 Å². The molecule has 8 nitrogen and oxygen atoms in total. The van der Waals surface area contributed by atoms with Gasteiger partial charge in [0.25, 0.3) is 5.91 Å². The fraction of sp³-hybridized carbons (Fsp3) is 0.382. The van der Waals surface area contributed by atoms with Gasteiger partial charge in [0.15, 0.2) is 0 Å². The molecule has 0 spiro atoms. The Morgan fingerprint density at radius 2 is 1.67 bits per heavy atom. The lowest BCUT2D eigenvalue weighted by Gasteiger charge is -2.32. The molecule has 236 valence electrons. The van der Waals surface area contributed by atoms with Crippen LogP contribution < -0.4 is 15.5 Å². The molecule has 3 aromatic carbocycles. The molecule has 1 aliphatic carbocycles. The molecule has 2 aliphatic rings. The van der Waals surface area contributed by atoms with Crippen LogP contribution in [0.1, 0.15) is 73.5 Å². The first-order chi connectivity index (χ1) is 21.2. The third kappa shape index (κ3) is 6.13. The number of nitrogens with one attached hydrogen (secondary N) is 2. The predicted octanol–water partition coefficient (Wildman–Crippen LogP) is 6.07. The summed E-state index contributed by atoms with van der Waals surface area (Å²) in [6, 6.07) is 15.1. The number of hydrogen-bond acceptors (Lipinski definition) is 6. The second-order valence-electron chi connectivity index (χ2n) is 13.1. The van der Waals surface area contributed by atoms with Crippen LogP contribution in [0.15, 0.2) is 59.0 Å². The molecule has 0 unspecified atom stereocenters. The Labute approximate surface area is 263 Å². The third-order valence-electron chi connectivity index (χ3n) is 9.20. The Morgan fingerprint density at radius 1 is 1.00 bits per heavy atom. The number of furan rings is 1. The largest absolute Gasteiger partial charge is 0.495 e. The lowest BCUT2D eigenvalue weighted by atomic mass is 9.75. The third-order valence-corrected chi connectivity index (χ3v) is 10.5. The van der Waals surface area contributed by atoms with Crippen molar-refractivity contribution in [2.45, 2.75) is 71.0 Å². The highest BCUT2D eigenvalue weighted by molar-refractivity contribution is 7.92. The number of halogens is 1. The molecule has 1 aliphatic heterocycles. The molecule has 1 saturated heterocycles. The Morgan fingerprint density at radius 3 is 2.27 bits per heavy atom. The predicted molar refractivity (Wildman–Crippen MR) is 175 cm³/mol. The maximum absolute atomic E-state index is 13.6. The lowest BCUT2D eigenvalue weighted by molar-refractivity contribution is 0.00578. The molecular formula is C34H38BFN2O6S. The fourth-order valence-corrected chi connectivity index (χ4v) is 6.85. The quantitative estimate of drug-likeness (QED) is 0.217. The van der Waals surface area contributed by atoms with Gasteiger partial charge in [-0.3, -0.25) is 9.52 Å². The monoisotopic (exact) mass is 632 g/mol. The van der Waals surface area contributed by atoms with Crippen molar-refractivity contribution in [3.05, 3.63) is 82.7 Å². The maximum Gasteiger partial charge on any atom is 0.495 e. The van der Waals surface area contributed by atoms with Crippen LogP contribution in [0.2, 0.25) is 0 Å². The SMILES string of the molecule is CNC(=O)c1c(-c2ccc(F)cc2)oc2cc(NS(=O)(=O)CCc3ccc(B4OC(C)(C)C(C)(C)O4)c(C)c3)c(C3CC3)cc12. The second-order valence-corrected chi connectivity index (χ2v) is 14.9. The van der Waals surface area contributed by atoms with E-state index in [1.165, 1.54) is 19.2 Å². The number of hydrogen-bond donors (Lipinski definition) is 2. The summed E-state index contributed by atoms with van der Waals surface area (Å²) in [4.78, 5) is 13.0. The Hall–Kier alpha value is -3.67. The summed E-state index contributed by atoms with van der Waals surface area (Å²) in [6.45, 7) is 10.0. The fourth-order valence-electron chi connectivity index (χ4n) is 5.73. The number of anilines is 1. The molecule has 0 radical (unpaired) electrons. The summed E-state index contributed by atoms with van der Waals surface area (Å²) in [5, 5.41) is 3.24. The van der Waals surface area contributed by atoms with Gasteiger partial charge in [0.05, 0.1) is 28.2 Å². The molecule has 2 fully saturated rings. The van der Waals surface area contributed by atoms with E-state index in [4.69, 9.17) is 13.7 Å². The summed E-state index contributed by atoms with van der Waals surface area (Å²) in [5.41, 5.74) is 4.39. The zero-order chi connectivity index (χ0) is 32.3. The molecular weight excluding hydrogens is 594 g/mol. The molecule has 6 rings (SSSR count). The van der Waals surface area contributed by atoms with E-state index in [1.807, 2.05) is 58.9 Å². The minimum Gasteiger partial charge on any atom is -0.455 e. The topological polar surface area (TPSA) is 107 Å². The Bertz CT molecular complexity index is 1880. The first-order valence-electron chi connectivity index (χ1n) is 15.2. The van der Waals surface area contributed by atoms with E-state index in [0.717, 1.165) is 35.0 Å². The van der Waals surface area contributed by atoms with Crippen LogP contribution >= 0.6 is 0 Å². The number of fused-ring (bicyclic) bond motifs is 1. The van der Waals surface area contributed by atoms with Crippen molar-refractivity contribution in [3.8, 4) is 11.3 Å². The van der Waals surface area contributed by atoms with Crippen molar-refractivity contribution >= 4 is 45.2 Å². The molecule has 11 heteroatoms. The highest BCUT2D eigenvalue weighted by Gasteiger charge is 2.52. The van der Waals surface area contributed by atoms with E-state index in [-0.39, 0.29) is 17.6 Å². The van der Waals surface area contributed by atoms with Crippen molar-refractivity contribution < 1.29 is 31.3 Å². The first kappa shape index (κ1) is 31.3. The number of amides is 1. The van der Waals surface area contributed by atoms with Gasteiger partial charge in [-0.25, -0.2) is 12.8 Å². The van der Waals surface area contributed by atoms with Gasteiger partial charge in [0, 0.05) is 24.1 Å². The highest BCUT2D eigenvalue weighted by Crippen LogP contribution is 2.47. The first-order valence-corrected chi connectivity index (χ1v) is 16.9. The molecule has 1 saturated carbocycles. The van der Waals surface area contributed by atoms with E-state index in [2.05, 4.69) is 10.0 Å². The minimum atomic E-state index is -3.74. The summed E-state index contributed by atoms with van der Waals surface area (Å²) in [5.74, 6) is -0.389. The summed E-state index contributed by atoms with van der Waals surface area (Å²) in [6.07, 6.45) is 2.16. The van der Waals surface area contributed by atoms with Gasteiger partial charge in [-0.2, -0.15) is 0 Å². The van der Waals surface area contributed by atoms with E-state index < -0.39 is 34.2 Å². The van der Waals surface area contributed by atoms with Gasteiger partial charge in [-0.1, -0.05) is 23.8 Å². The van der Waals surface area contributed by atoms with Crippen molar-refractivity contribution in [2.75, 3.05) is 17.5 Å². The zero-order valence-electron chi connectivity index (χ0n) is 26.4. The van der Waals surface area contributed by atoms with Gasteiger partial charge in [0.2, 0.25) is 10.0 Å². The number of rotatable bonds is 9. The van der Waals surface area contributed by atoms with E-state index in [1.54, 1.807) is 18.2 Å². The summed E-state index contributed by atoms with van der Waals surface area (Å²) >= 11 is 0. The number of aryl methyl sites for hydroxylation is 2. The molecule has 0 bridgehead atoms. The Kier molecular flexibility index (Phi) is 7.86. The van der Waals surface area contributed by atoms with E-state index in [0.29, 0.717) is 40.0 Å². The maximum atomic E-state index is 13.6. The lowest BCUT2D eigenvalue weighted by Crippen LogP contribution is -2.41. The molecule has 1 aromatic heterocycles. The number of carbonyl (C=O) groups excluding carboxylic acids is 1.